The molecule has 61 heavy (non-hydrogen) atoms. The van der Waals surface area contributed by atoms with Crippen molar-refractivity contribution in [3.8, 4) is 16.8 Å². The van der Waals surface area contributed by atoms with E-state index in [9.17, 15) is 0 Å². The third kappa shape index (κ3) is 3.43. The fourth-order valence-corrected chi connectivity index (χ4v) is 14.5. The van der Waals surface area contributed by atoms with Crippen molar-refractivity contribution in [2.75, 3.05) is 4.90 Å². The predicted molar refractivity (Wildman–Crippen MR) is 254 cm³/mol. The zero-order chi connectivity index (χ0) is 40.6. The van der Waals surface area contributed by atoms with Crippen LogP contribution in [-0.4, -0.2) is 15.7 Å². The Morgan fingerprint density at radius 3 is 1.75 bits per heavy atom. The number of nitrogens with zero attached hydrogens (tertiary/aromatic N) is 3. The molecule has 1 fully saturated rings. The van der Waals surface area contributed by atoms with Crippen molar-refractivity contribution in [2.45, 2.75) is 83.5 Å². The van der Waals surface area contributed by atoms with Gasteiger partial charge in [0, 0.05) is 17.1 Å². The first-order valence-electron chi connectivity index (χ1n) is 22.7. The standard InChI is InChI=1S/C57H46BN3/c1-31-32(2)34(4)52-51(33(31)3)60-47-24-23-41-53-50(47)58(49-37-29-42-43(30-48(37)61(52)54(49)60)56(6)27-25-55(42,5)26-28-56)44-20-12-14-22-46(44)59(53)45-21-13-11-19-40(45)57(41)38-17-9-7-15-35(38)36-16-8-10-18-39(36)57/h7-24,29-30H,25-28H2,1-6H3. The number of hydrogen-bond donors (Lipinski definition) is 0. The highest BCUT2D eigenvalue weighted by molar-refractivity contribution is 7.01. The Labute approximate surface area is 357 Å². The molecule has 3 nitrogen and oxygen atoms in total. The van der Waals surface area contributed by atoms with Crippen molar-refractivity contribution in [1.29, 1.82) is 0 Å². The van der Waals surface area contributed by atoms with Crippen LogP contribution in [0, 0.1) is 27.7 Å². The van der Waals surface area contributed by atoms with Gasteiger partial charge in [-0.25, -0.2) is 0 Å². The number of fused-ring (bicyclic) bond motifs is 22. The van der Waals surface area contributed by atoms with Crippen LogP contribution in [0.15, 0.2) is 121 Å². The molecule has 16 rings (SSSR count). The molecule has 1 spiro atoms. The van der Waals surface area contributed by atoms with Crippen molar-refractivity contribution in [3.05, 3.63) is 177 Å². The molecule has 7 aromatic carbocycles. The van der Waals surface area contributed by atoms with Crippen LogP contribution < -0.4 is 21.3 Å². The van der Waals surface area contributed by atoms with Crippen LogP contribution in [0.4, 0.5) is 17.1 Å². The lowest BCUT2D eigenvalue weighted by Crippen LogP contribution is -2.61. The van der Waals surface area contributed by atoms with Gasteiger partial charge in [-0.15, -0.1) is 0 Å². The van der Waals surface area contributed by atoms with Crippen LogP contribution in [0.2, 0.25) is 0 Å². The van der Waals surface area contributed by atoms with E-state index in [0.29, 0.717) is 0 Å². The van der Waals surface area contributed by atoms with E-state index in [4.69, 9.17) is 0 Å². The van der Waals surface area contributed by atoms with Crippen molar-refractivity contribution < 1.29 is 0 Å². The lowest BCUT2D eigenvalue weighted by atomic mass is 9.33. The molecule has 2 aromatic heterocycles. The van der Waals surface area contributed by atoms with Gasteiger partial charge >= 0.3 is 0 Å². The molecule has 292 valence electrons. The zero-order valence-corrected chi connectivity index (χ0v) is 35.8. The highest BCUT2D eigenvalue weighted by atomic mass is 15.2. The predicted octanol–water partition coefficient (Wildman–Crippen LogP) is 11.7. The molecular weight excluding hydrogens is 737 g/mol. The summed E-state index contributed by atoms with van der Waals surface area (Å²) >= 11 is 0. The molecule has 2 bridgehead atoms. The maximum absolute atomic E-state index is 2.74. The normalized spacial score (nSPS) is 21.2. The smallest absolute Gasteiger partial charge is 0.255 e. The Hall–Kier alpha value is -6.26. The summed E-state index contributed by atoms with van der Waals surface area (Å²) < 4.78 is 5.47. The topological polar surface area (TPSA) is 12.6 Å². The molecule has 4 aliphatic carbocycles. The van der Waals surface area contributed by atoms with Gasteiger partial charge in [-0.05, 0) is 183 Å². The number of aryl methyl sites for hydroxylation is 2. The molecule has 9 aromatic rings. The molecule has 0 N–H and O–H groups in total. The number of rotatable bonds is 0. The Morgan fingerprint density at radius 2 is 1.07 bits per heavy atom. The SMILES string of the molecule is Cc1c(C)c(C)c2c(c1C)n1c3c(c4cc5c(cc4n23)C2(C)CCC5(C)CC2)B2c3ccccc3N3c4ccccc4C4(c5ccccc5-c5ccccc54)c4ccc-1c2c43. The van der Waals surface area contributed by atoms with E-state index in [-0.39, 0.29) is 17.5 Å². The Morgan fingerprint density at radius 1 is 0.492 bits per heavy atom. The van der Waals surface area contributed by atoms with Gasteiger partial charge in [-0.3, -0.25) is 8.97 Å². The van der Waals surface area contributed by atoms with Crippen LogP contribution in [0.1, 0.15) is 95.2 Å². The van der Waals surface area contributed by atoms with Gasteiger partial charge in [-0.1, -0.05) is 105 Å². The van der Waals surface area contributed by atoms with Gasteiger partial charge in [-0.2, -0.15) is 0 Å². The van der Waals surface area contributed by atoms with E-state index in [1.807, 2.05) is 0 Å². The van der Waals surface area contributed by atoms with Crippen LogP contribution in [0.5, 0.6) is 0 Å². The Bertz CT molecular complexity index is 3540. The van der Waals surface area contributed by atoms with E-state index in [0.717, 1.165) is 0 Å². The molecule has 0 atom stereocenters. The van der Waals surface area contributed by atoms with E-state index in [1.54, 1.807) is 11.1 Å². The number of aromatic nitrogens is 2. The second kappa shape index (κ2) is 10.4. The summed E-state index contributed by atoms with van der Waals surface area (Å²) in [6.45, 7) is 14.6. The fourth-order valence-electron chi connectivity index (χ4n) is 14.5. The second-order valence-electron chi connectivity index (χ2n) is 20.2. The average Bonchev–Trinajstić information content (AvgIpc) is 3.92. The first kappa shape index (κ1) is 33.5. The largest absolute Gasteiger partial charge is 0.311 e. The quantitative estimate of drug-likeness (QED) is 0.140. The van der Waals surface area contributed by atoms with Crippen LogP contribution in [0.25, 0.3) is 44.4 Å². The molecule has 0 amide bonds. The Balaban J connectivity index is 1.18. The minimum absolute atomic E-state index is 0.0564. The van der Waals surface area contributed by atoms with Crippen molar-refractivity contribution in [2.24, 2.45) is 0 Å². The molecule has 0 unspecified atom stereocenters. The minimum atomic E-state index is -0.471. The second-order valence-corrected chi connectivity index (χ2v) is 20.2. The molecule has 1 saturated carbocycles. The first-order valence-corrected chi connectivity index (χ1v) is 22.7. The maximum atomic E-state index is 2.74. The molecule has 0 radical (unpaired) electrons. The third-order valence-corrected chi connectivity index (χ3v) is 17.8. The highest BCUT2D eigenvalue weighted by Gasteiger charge is 2.56. The van der Waals surface area contributed by atoms with E-state index >= 15 is 0 Å². The molecule has 4 heteroatoms. The fraction of sp³-hybridized carbons (Fsp3) is 0.228. The van der Waals surface area contributed by atoms with Gasteiger partial charge in [0.1, 0.15) is 5.65 Å². The Kier molecular flexibility index (Phi) is 5.72. The summed E-state index contributed by atoms with van der Waals surface area (Å²) in [5, 5.41) is 1.44. The summed E-state index contributed by atoms with van der Waals surface area (Å²) in [4.78, 5) is 2.67. The average molecular weight is 784 g/mol. The van der Waals surface area contributed by atoms with Gasteiger partial charge in [0.05, 0.1) is 27.7 Å². The number of hydrogen-bond acceptors (Lipinski definition) is 1. The molecular formula is C57H46BN3. The van der Waals surface area contributed by atoms with Crippen LogP contribution in [-0.2, 0) is 16.2 Å². The van der Waals surface area contributed by atoms with Gasteiger partial charge in [0.25, 0.3) is 6.71 Å². The monoisotopic (exact) mass is 783 g/mol. The number of benzene rings is 7. The number of para-hydroxylation sites is 2. The molecule has 7 aliphatic rings. The van der Waals surface area contributed by atoms with Crippen LogP contribution >= 0.6 is 0 Å². The summed E-state index contributed by atoms with van der Waals surface area (Å²) in [7, 11) is 0. The van der Waals surface area contributed by atoms with E-state index in [2.05, 4.69) is 177 Å². The van der Waals surface area contributed by atoms with Gasteiger partial charge in [0.15, 0.2) is 0 Å². The van der Waals surface area contributed by atoms with Crippen molar-refractivity contribution in [3.63, 3.8) is 0 Å². The molecule has 3 aliphatic heterocycles. The lowest BCUT2D eigenvalue weighted by molar-refractivity contribution is 0.188. The first-order chi connectivity index (χ1) is 29.7. The minimum Gasteiger partial charge on any atom is -0.311 e. The zero-order valence-electron chi connectivity index (χ0n) is 35.8. The summed E-state index contributed by atoms with van der Waals surface area (Å²) in [6, 6.07) is 47.7. The van der Waals surface area contributed by atoms with Crippen LogP contribution in [0.3, 0.4) is 0 Å². The van der Waals surface area contributed by atoms with Gasteiger partial charge < -0.3 is 4.90 Å². The van der Waals surface area contributed by atoms with Crippen molar-refractivity contribution >= 4 is 67.7 Å². The van der Waals surface area contributed by atoms with E-state index in [1.165, 1.54) is 148 Å². The van der Waals surface area contributed by atoms with Crippen molar-refractivity contribution in [1.82, 2.24) is 8.97 Å². The third-order valence-electron chi connectivity index (χ3n) is 17.8. The van der Waals surface area contributed by atoms with Gasteiger partial charge in [0.2, 0.25) is 0 Å². The molecule has 0 saturated heterocycles. The number of anilines is 3. The molecule has 5 heterocycles. The summed E-state index contributed by atoms with van der Waals surface area (Å²) in [6.07, 6.45) is 5.11. The maximum Gasteiger partial charge on any atom is 0.255 e. The van der Waals surface area contributed by atoms with E-state index < -0.39 is 5.41 Å². The lowest BCUT2D eigenvalue weighted by Gasteiger charge is -2.52. The summed E-state index contributed by atoms with van der Waals surface area (Å²) in [5.41, 5.74) is 32.0. The highest BCUT2D eigenvalue weighted by Crippen LogP contribution is 2.64. The summed E-state index contributed by atoms with van der Waals surface area (Å²) in [5.74, 6) is 0. The number of imidazole rings is 1.